The molecular formula is C47H49N3. The summed E-state index contributed by atoms with van der Waals surface area (Å²) in [6.45, 7) is 12.4. The van der Waals surface area contributed by atoms with Gasteiger partial charge in [0, 0.05) is 23.3 Å². The van der Waals surface area contributed by atoms with E-state index in [0.717, 1.165) is 42.6 Å². The number of fused-ring (bicyclic) bond motifs is 3. The zero-order chi connectivity index (χ0) is 35.0. The fourth-order valence-electron chi connectivity index (χ4n) is 7.66. The third kappa shape index (κ3) is 6.48. The van der Waals surface area contributed by atoms with Gasteiger partial charge in [0.1, 0.15) is 5.82 Å². The number of hydrogen-bond acceptors (Lipinski definition) is 2. The molecule has 2 atom stereocenters. The van der Waals surface area contributed by atoms with E-state index in [2.05, 4.69) is 139 Å². The topological polar surface area (TPSA) is 43.3 Å². The molecule has 0 saturated carbocycles. The Balaban J connectivity index is 0.00000212. The van der Waals surface area contributed by atoms with Crippen LogP contribution in [0.5, 0.6) is 0 Å². The largest absolute Gasteiger partial charge is 0.385 e. The highest BCUT2D eigenvalue weighted by molar-refractivity contribution is 5.91. The van der Waals surface area contributed by atoms with Crippen LogP contribution in [0.25, 0.3) is 29.1 Å². The minimum Gasteiger partial charge on any atom is -0.385 e. The molecule has 1 aliphatic heterocycles. The molecule has 0 amide bonds. The van der Waals surface area contributed by atoms with Crippen molar-refractivity contribution < 1.29 is 0 Å². The van der Waals surface area contributed by atoms with E-state index in [0.29, 0.717) is 11.7 Å². The molecule has 7 rings (SSSR count). The second-order valence-electron chi connectivity index (χ2n) is 12.7. The van der Waals surface area contributed by atoms with Crippen LogP contribution in [-0.2, 0) is 6.42 Å². The minimum absolute atomic E-state index is 0.163. The van der Waals surface area contributed by atoms with E-state index in [1.807, 2.05) is 39.1 Å². The van der Waals surface area contributed by atoms with E-state index < -0.39 is 0 Å². The molecule has 4 aromatic rings. The molecule has 3 aliphatic rings. The first-order chi connectivity index (χ1) is 24.6. The van der Waals surface area contributed by atoms with Gasteiger partial charge < -0.3 is 5.73 Å². The number of aromatic nitrogens is 1. The molecule has 2 heterocycles. The monoisotopic (exact) mass is 655 g/mol. The number of nitrogens with two attached hydrogens (primary N) is 1. The summed E-state index contributed by atoms with van der Waals surface area (Å²) in [4.78, 5) is 4.81. The summed E-state index contributed by atoms with van der Waals surface area (Å²) in [5.41, 5.74) is 19.2. The summed E-state index contributed by atoms with van der Waals surface area (Å²) in [5.74, 6) is 1.01. The molecule has 252 valence electrons. The SMILES string of the molecule is C=Cc1c2c(n(/C(N)=C/C=C\Cc3ccc(C4=c5ccccc5=C(c5ccccc5)C5CC=CC=C45)cc3)c1/C=C\C)C=NC2CCC.CC. The van der Waals surface area contributed by atoms with Crippen LogP contribution in [0, 0.1) is 5.92 Å². The Morgan fingerprint density at radius 2 is 1.70 bits per heavy atom. The van der Waals surface area contributed by atoms with E-state index in [1.54, 1.807) is 0 Å². The van der Waals surface area contributed by atoms with Gasteiger partial charge in [-0.15, -0.1) is 0 Å². The number of rotatable bonds is 10. The highest BCUT2D eigenvalue weighted by atomic mass is 15.1. The molecule has 0 bridgehead atoms. The van der Waals surface area contributed by atoms with E-state index in [1.165, 1.54) is 49.4 Å². The minimum atomic E-state index is 0.163. The fourth-order valence-corrected chi connectivity index (χ4v) is 7.66. The van der Waals surface area contributed by atoms with Crippen molar-refractivity contribution in [1.82, 2.24) is 4.57 Å². The van der Waals surface area contributed by atoms with E-state index in [-0.39, 0.29) is 6.04 Å². The summed E-state index contributed by atoms with van der Waals surface area (Å²) < 4.78 is 2.12. The van der Waals surface area contributed by atoms with Crippen LogP contribution in [0.3, 0.4) is 0 Å². The molecule has 2 unspecified atom stereocenters. The van der Waals surface area contributed by atoms with Gasteiger partial charge >= 0.3 is 0 Å². The number of benzene rings is 3. The molecule has 0 saturated heterocycles. The maximum Gasteiger partial charge on any atom is 0.108 e. The Labute approximate surface area is 298 Å². The molecule has 0 radical (unpaired) electrons. The maximum absolute atomic E-state index is 6.74. The second-order valence-corrected chi connectivity index (χ2v) is 12.7. The highest BCUT2D eigenvalue weighted by Gasteiger charge is 2.30. The fraction of sp³-hybridized carbons (Fsp3) is 0.213. The van der Waals surface area contributed by atoms with Gasteiger partial charge in [-0.1, -0.05) is 155 Å². The zero-order valence-corrected chi connectivity index (χ0v) is 29.9. The summed E-state index contributed by atoms with van der Waals surface area (Å²) >= 11 is 0. The molecule has 0 fully saturated rings. The van der Waals surface area contributed by atoms with Crippen LogP contribution in [0.15, 0.2) is 139 Å². The van der Waals surface area contributed by atoms with Crippen LogP contribution in [0.2, 0.25) is 0 Å². The third-order valence-electron chi connectivity index (χ3n) is 9.75. The predicted octanol–water partition coefficient (Wildman–Crippen LogP) is 9.93. The Morgan fingerprint density at radius 3 is 2.42 bits per heavy atom. The van der Waals surface area contributed by atoms with Crippen molar-refractivity contribution in [3.05, 3.63) is 183 Å². The van der Waals surface area contributed by atoms with Crippen molar-refractivity contribution in [1.29, 1.82) is 0 Å². The molecule has 2 N–H and O–H groups in total. The van der Waals surface area contributed by atoms with Crippen molar-refractivity contribution >= 4 is 35.3 Å². The lowest BCUT2D eigenvalue weighted by Gasteiger charge is -2.31. The number of allylic oxidation sites excluding steroid dienone is 8. The molecule has 2 aliphatic carbocycles. The zero-order valence-electron chi connectivity index (χ0n) is 29.9. The first-order valence-electron chi connectivity index (χ1n) is 18.2. The molecule has 50 heavy (non-hydrogen) atoms. The molecule has 3 aromatic carbocycles. The quantitative estimate of drug-likeness (QED) is 0.170. The summed E-state index contributed by atoms with van der Waals surface area (Å²) in [6.07, 6.45) is 25.1. The normalized spacial score (nSPS) is 17.8. The smallest absolute Gasteiger partial charge is 0.108 e. The lowest BCUT2D eigenvalue weighted by molar-refractivity contribution is 0.652. The van der Waals surface area contributed by atoms with Gasteiger partial charge in [0.05, 0.1) is 17.4 Å². The summed E-state index contributed by atoms with van der Waals surface area (Å²) in [6, 6.07) is 29.1. The van der Waals surface area contributed by atoms with Crippen LogP contribution in [0.1, 0.15) is 92.2 Å². The van der Waals surface area contributed by atoms with Crippen molar-refractivity contribution in [2.24, 2.45) is 16.6 Å². The van der Waals surface area contributed by atoms with E-state index in [4.69, 9.17) is 10.7 Å². The number of aliphatic imine (C=N–C) groups is 1. The molecular weight excluding hydrogens is 607 g/mol. The number of hydrogen-bond donors (Lipinski definition) is 1. The molecule has 0 spiro atoms. The first kappa shape index (κ1) is 34.5. The first-order valence-corrected chi connectivity index (χ1v) is 18.2. The van der Waals surface area contributed by atoms with Crippen molar-refractivity contribution in [2.45, 2.75) is 59.4 Å². The Bertz CT molecular complexity index is 2160. The molecule has 1 aromatic heterocycles. The summed E-state index contributed by atoms with van der Waals surface area (Å²) in [7, 11) is 0. The Hall–Kier alpha value is -5.41. The standard InChI is InChI=1S/C45H43N3.C2H6/c1-4-16-39-45-34(6-3)40(17-5-2)48(41(45)30-47-39)42(46)25-15-10-18-31-26-28-33(29-27-31)44-37-23-13-11-21-35(37)43(32-19-8-7-9-20-32)36-22-12-14-24-38(36)44;1-2/h5-15,17,19-21,23-30,36,39H,3-4,16,18,22,46H2,1-2H3;1-2H3/b15-10-,17-5-,42-25+;. The summed E-state index contributed by atoms with van der Waals surface area (Å²) in [5, 5.41) is 2.65. The Morgan fingerprint density at radius 1 is 0.960 bits per heavy atom. The van der Waals surface area contributed by atoms with Gasteiger partial charge in [0.15, 0.2) is 0 Å². The molecule has 3 heteroatoms. The Kier molecular flexibility index (Phi) is 10.9. The van der Waals surface area contributed by atoms with Gasteiger partial charge in [0.25, 0.3) is 0 Å². The highest BCUT2D eigenvalue weighted by Crippen LogP contribution is 2.41. The van der Waals surface area contributed by atoms with E-state index in [9.17, 15) is 0 Å². The van der Waals surface area contributed by atoms with Crippen LogP contribution < -0.4 is 16.2 Å². The van der Waals surface area contributed by atoms with Crippen LogP contribution >= 0.6 is 0 Å². The third-order valence-corrected chi connectivity index (χ3v) is 9.75. The second kappa shape index (κ2) is 15.9. The van der Waals surface area contributed by atoms with Gasteiger partial charge in [-0.3, -0.25) is 9.56 Å². The maximum atomic E-state index is 6.74. The van der Waals surface area contributed by atoms with Crippen molar-refractivity contribution in [3.63, 3.8) is 0 Å². The van der Waals surface area contributed by atoms with Crippen LogP contribution in [0.4, 0.5) is 0 Å². The predicted molar refractivity (Wildman–Crippen MR) is 216 cm³/mol. The molecule has 3 nitrogen and oxygen atoms in total. The lowest BCUT2D eigenvalue weighted by atomic mass is 9.72. The van der Waals surface area contributed by atoms with Crippen molar-refractivity contribution in [2.75, 3.05) is 0 Å². The number of nitrogens with zero attached hydrogens (tertiary/aromatic N) is 2. The van der Waals surface area contributed by atoms with Gasteiger partial charge in [0.2, 0.25) is 0 Å². The van der Waals surface area contributed by atoms with Gasteiger partial charge in [-0.25, -0.2) is 0 Å². The average molecular weight is 656 g/mol. The van der Waals surface area contributed by atoms with Gasteiger partial charge in [-0.05, 0) is 82.2 Å². The van der Waals surface area contributed by atoms with Gasteiger partial charge in [-0.2, -0.15) is 0 Å². The average Bonchev–Trinajstić information content (AvgIpc) is 3.71. The lowest BCUT2D eigenvalue weighted by Crippen LogP contribution is -2.37. The van der Waals surface area contributed by atoms with Crippen LogP contribution in [-0.4, -0.2) is 10.8 Å². The van der Waals surface area contributed by atoms with Crippen molar-refractivity contribution in [3.8, 4) is 0 Å². The van der Waals surface area contributed by atoms with E-state index >= 15 is 0 Å².